The number of hydrogen-bond acceptors (Lipinski definition) is 6. The number of methoxy groups -OCH3 is 1. The molecule has 9 nitrogen and oxygen atoms in total. The minimum atomic E-state index is -3.81. The number of nitrogens with zero attached hydrogens (tertiary/aromatic N) is 2. The molecule has 2 aliphatic heterocycles. The lowest BCUT2D eigenvalue weighted by atomic mass is 9.79. The largest absolute Gasteiger partial charge is 0.453 e. The monoisotopic (exact) mass is 485 g/mol. The van der Waals surface area contributed by atoms with E-state index in [-0.39, 0.29) is 39.0 Å². The van der Waals surface area contributed by atoms with Gasteiger partial charge in [-0.05, 0) is 55.0 Å². The van der Waals surface area contributed by atoms with Gasteiger partial charge in [0.25, 0.3) is 5.91 Å². The number of ether oxygens (including phenoxy) is 1. The van der Waals surface area contributed by atoms with Crippen LogP contribution in [0.3, 0.4) is 0 Å². The minimum Gasteiger partial charge on any atom is -0.453 e. The molecule has 0 radical (unpaired) electrons. The van der Waals surface area contributed by atoms with Crippen LogP contribution in [-0.4, -0.2) is 73.9 Å². The number of likely N-dealkylation sites (tertiary alicyclic amines) is 1. The number of hydroxylamine groups is 1. The van der Waals surface area contributed by atoms with E-state index in [9.17, 15) is 23.2 Å². The fourth-order valence-electron chi connectivity index (χ4n) is 4.33. The number of carbonyl (C=O) groups excluding carboxylic acids is 2. The van der Waals surface area contributed by atoms with E-state index in [0.29, 0.717) is 11.4 Å². The van der Waals surface area contributed by atoms with Crippen molar-refractivity contribution in [3.63, 3.8) is 0 Å². The van der Waals surface area contributed by atoms with E-state index in [1.165, 1.54) is 16.3 Å². The predicted octanol–water partition coefficient (Wildman–Crippen LogP) is 2.42. The third-order valence-corrected chi connectivity index (χ3v) is 8.58. The van der Waals surface area contributed by atoms with Gasteiger partial charge in [-0.2, -0.15) is 4.31 Å². The molecule has 0 aliphatic carbocycles. The van der Waals surface area contributed by atoms with Gasteiger partial charge in [-0.1, -0.05) is 23.7 Å². The van der Waals surface area contributed by atoms with E-state index >= 15 is 0 Å². The van der Waals surface area contributed by atoms with Crippen LogP contribution in [0.15, 0.2) is 24.3 Å². The molecule has 2 N–H and O–H groups in total. The molecule has 1 aromatic rings. The Hall–Kier alpha value is -2.14. The van der Waals surface area contributed by atoms with Gasteiger partial charge in [0.1, 0.15) is 0 Å². The van der Waals surface area contributed by atoms with Crippen molar-refractivity contribution in [2.75, 3.05) is 39.0 Å². The van der Waals surface area contributed by atoms with Crippen molar-refractivity contribution in [1.29, 1.82) is 0 Å². The Labute approximate surface area is 193 Å². The second-order valence-electron chi connectivity index (χ2n) is 8.23. The van der Waals surface area contributed by atoms with E-state index in [2.05, 4.69) is 0 Å². The maximum atomic E-state index is 13.2. The number of benzene rings is 1. The van der Waals surface area contributed by atoms with Gasteiger partial charge in [0.15, 0.2) is 0 Å². The number of halogens is 1. The molecule has 0 unspecified atom stereocenters. The van der Waals surface area contributed by atoms with Crippen molar-refractivity contribution in [3.8, 4) is 0 Å². The second-order valence-corrected chi connectivity index (χ2v) is 10.6. The van der Waals surface area contributed by atoms with E-state index < -0.39 is 33.2 Å². The molecule has 176 valence electrons. The quantitative estimate of drug-likeness (QED) is 0.488. The maximum Gasteiger partial charge on any atom is 0.409 e. The van der Waals surface area contributed by atoms with Crippen LogP contribution >= 0.6 is 11.6 Å². The van der Waals surface area contributed by atoms with E-state index in [0.717, 1.165) is 16.7 Å². The summed E-state index contributed by atoms with van der Waals surface area (Å²) in [5.74, 6) is -1.20. The highest BCUT2D eigenvalue weighted by Gasteiger charge is 2.47. The Balaban J connectivity index is 1.75. The summed E-state index contributed by atoms with van der Waals surface area (Å²) in [5.41, 5.74) is 3.39. The zero-order valence-corrected chi connectivity index (χ0v) is 19.7. The Bertz CT molecular complexity index is 1020. The van der Waals surface area contributed by atoms with E-state index in [1.807, 2.05) is 31.2 Å². The fraction of sp³-hybridized carbons (Fsp3) is 0.524. The van der Waals surface area contributed by atoms with Crippen LogP contribution in [0.1, 0.15) is 30.4 Å². The SMILES string of the molecule is COC(=O)N1CCC(CS(=O)(=O)N2CC=C(c3cc(Cl)ccc3C)CC2)(C(=O)NO)CC1. The van der Waals surface area contributed by atoms with Crippen LogP contribution in [0.5, 0.6) is 0 Å². The molecule has 0 bridgehead atoms. The van der Waals surface area contributed by atoms with Gasteiger partial charge in [0.05, 0.1) is 18.3 Å². The lowest BCUT2D eigenvalue weighted by molar-refractivity contribution is -0.141. The lowest BCUT2D eigenvalue weighted by Gasteiger charge is -2.40. The Kier molecular flexibility index (Phi) is 7.49. The number of hydrogen-bond donors (Lipinski definition) is 2. The molecule has 2 heterocycles. The average Bonchev–Trinajstić information content (AvgIpc) is 2.79. The van der Waals surface area contributed by atoms with Crippen LogP contribution in [0.25, 0.3) is 5.57 Å². The molecule has 0 atom stereocenters. The van der Waals surface area contributed by atoms with Crippen molar-refractivity contribution >= 4 is 39.2 Å². The standard InChI is InChI=1S/C21H28ClN3O6S/c1-15-3-4-17(22)13-18(15)16-5-9-25(10-6-16)32(29,30)14-21(19(26)23-28)7-11-24(12-8-21)20(27)31-2/h3-5,13,28H,6-12,14H2,1-2H3,(H,23,26). The molecular weight excluding hydrogens is 458 g/mol. The highest BCUT2D eigenvalue weighted by Crippen LogP contribution is 2.36. The van der Waals surface area contributed by atoms with Gasteiger partial charge >= 0.3 is 6.09 Å². The molecule has 3 rings (SSSR count). The Morgan fingerprint density at radius 2 is 1.94 bits per heavy atom. The van der Waals surface area contributed by atoms with Crippen molar-refractivity contribution in [2.24, 2.45) is 5.41 Å². The minimum absolute atomic E-state index is 0.102. The smallest absolute Gasteiger partial charge is 0.409 e. The third kappa shape index (κ3) is 5.09. The number of rotatable bonds is 5. The first-order valence-electron chi connectivity index (χ1n) is 10.3. The van der Waals surface area contributed by atoms with Gasteiger partial charge in [-0.3, -0.25) is 10.0 Å². The molecule has 1 fully saturated rings. The lowest BCUT2D eigenvalue weighted by Crippen LogP contribution is -2.54. The molecule has 11 heteroatoms. The normalized spacial score (nSPS) is 19.2. The summed E-state index contributed by atoms with van der Waals surface area (Å²) in [4.78, 5) is 25.7. The molecule has 32 heavy (non-hydrogen) atoms. The van der Waals surface area contributed by atoms with Crippen molar-refractivity contribution in [2.45, 2.75) is 26.2 Å². The summed E-state index contributed by atoms with van der Waals surface area (Å²) >= 11 is 6.12. The number of nitrogens with one attached hydrogen (secondary N) is 1. The van der Waals surface area contributed by atoms with Gasteiger partial charge in [0.2, 0.25) is 10.0 Å². The topological polar surface area (TPSA) is 116 Å². The first kappa shape index (κ1) is 24.5. The molecule has 0 aromatic heterocycles. The summed E-state index contributed by atoms with van der Waals surface area (Å²) in [6.07, 6.45) is 2.07. The van der Waals surface area contributed by atoms with Crippen LogP contribution < -0.4 is 5.48 Å². The number of piperidine rings is 1. The van der Waals surface area contributed by atoms with Crippen molar-refractivity contribution < 1.29 is 28.0 Å². The number of amides is 2. The fourth-order valence-corrected chi connectivity index (χ4v) is 6.47. The van der Waals surface area contributed by atoms with Crippen LogP contribution in [0.2, 0.25) is 5.02 Å². The van der Waals surface area contributed by atoms with Crippen molar-refractivity contribution in [1.82, 2.24) is 14.7 Å². The van der Waals surface area contributed by atoms with Crippen LogP contribution in [-0.2, 0) is 19.6 Å². The maximum absolute atomic E-state index is 13.2. The van der Waals surface area contributed by atoms with Crippen LogP contribution in [0, 0.1) is 12.3 Å². The summed E-state index contributed by atoms with van der Waals surface area (Å²) in [7, 11) is -2.55. The summed E-state index contributed by atoms with van der Waals surface area (Å²) in [6.45, 7) is 2.77. The highest BCUT2D eigenvalue weighted by molar-refractivity contribution is 7.89. The molecule has 2 amide bonds. The zero-order chi connectivity index (χ0) is 23.5. The number of carbonyl (C=O) groups is 2. The molecular formula is C21H28ClN3O6S. The van der Waals surface area contributed by atoms with Crippen LogP contribution in [0.4, 0.5) is 4.79 Å². The Morgan fingerprint density at radius 1 is 1.25 bits per heavy atom. The highest BCUT2D eigenvalue weighted by atomic mass is 35.5. The summed E-state index contributed by atoms with van der Waals surface area (Å²) in [5, 5.41) is 9.88. The van der Waals surface area contributed by atoms with Gasteiger partial charge in [-0.15, -0.1) is 0 Å². The number of sulfonamides is 1. The summed E-state index contributed by atoms with van der Waals surface area (Å²) in [6, 6.07) is 5.62. The zero-order valence-electron chi connectivity index (χ0n) is 18.1. The molecule has 2 aliphatic rings. The average molecular weight is 486 g/mol. The van der Waals surface area contributed by atoms with E-state index in [1.54, 1.807) is 5.48 Å². The molecule has 1 aromatic carbocycles. The second kappa shape index (κ2) is 9.78. The van der Waals surface area contributed by atoms with Gasteiger partial charge in [-0.25, -0.2) is 18.7 Å². The van der Waals surface area contributed by atoms with Crippen molar-refractivity contribution in [3.05, 3.63) is 40.4 Å². The molecule has 0 spiro atoms. The predicted molar refractivity (Wildman–Crippen MR) is 120 cm³/mol. The van der Waals surface area contributed by atoms with E-state index in [4.69, 9.17) is 16.3 Å². The Morgan fingerprint density at radius 3 is 2.50 bits per heavy atom. The van der Waals surface area contributed by atoms with Gasteiger partial charge in [0, 0.05) is 31.2 Å². The molecule has 1 saturated heterocycles. The first-order valence-corrected chi connectivity index (χ1v) is 12.3. The first-order chi connectivity index (χ1) is 15.1. The van der Waals surface area contributed by atoms with Gasteiger partial charge < -0.3 is 9.64 Å². The molecule has 0 saturated carbocycles. The summed E-state index contributed by atoms with van der Waals surface area (Å²) < 4.78 is 32.5. The third-order valence-electron chi connectivity index (χ3n) is 6.31. The number of aryl methyl sites for hydroxylation is 1.